The summed E-state index contributed by atoms with van der Waals surface area (Å²) in [6, 6.07) is 8.79. The summed E-state index contributed by atoms with van der Waals surface area (Å²) in [6.07, 6.45) is 2.38. The van der Waals surface area contributed by atoms with E-state index in [0.717, 1.165) is 10.9 Å². The lowest BCUT2D eigenvalue weighted by molar-refractivity contribution is 0.155. The van der Waals surface area contributed by atoms with Crippen molar-refractivity contribution in [3.8, 4) is 0 Å². The zero-order chi connectivity index (χ0) is 16.0. The number of pyridine rings is 1. The highest BCUT2D eigenvalue weighted by molar-refractivity contribution is 7.89. The molecule has 0 aliphatic carbocycles. The van der Waals surface area contributed by atoms with Gasteiger partial charge in [0.25, 0.3) is 0 Å². The van der Waals surface area contributed by atoms with Crippen molar-refractivity contribution >= 4 is 20.9 Å². The number of sulfonamides is 1. The van der Waals surface area contributed by atoms with E-state index in [9.17, 15) is 8.42 Å². The monoisotopic (exact) mass is 319 g/mol. The van der Waals surface area contributed by atoms with E-state index >= 15 is 0 Å². The molecule has 0 bridgehead atoms. The van der Waals surface area contributed by atoms with Gasteiger partial charge in [0.15, 0.2) is 0 Å². The molecular formula is C16H21N3O2S. The van der Waals surface area contributed by atoms with Crippen LogP contribution in [0.15, 0.2) is 41.4 Å². The summed E-state index contributed by atoms with van der Waals surface area (Å²) < 4.78 is 27.3. The summed E-state index contributed by atoms with van der Waals surface area (Å²) in [7, 11) is -3.50. The van der Waals surface area contributed by atoms with Crippen molar-refractivity contribution in [2.45, 2.75) is 31.2 Å². The smallest absolute Gasteiger partial charge is 0.243 e. The van der Waals surface area contributed by atoms with Gasteiger partial charge in [-0.1, -0.05) is 19.9 Å². The quantitative estimate of drug-likeness (QED) is 0.918. The van der Waals surface area contributed by atoms with Crippen LogP contribution in [0.2, 0.25) is 0 Å². The maximum Gasteiger partial charge on any atom is 0.243 e. The van der Waals surface area contributed by atoms with Crippen LogP contribution in [-0.4, -0.2) is 36.8 Å². The van der Waals surface area contributed by atoms with Crippen LogP contribution in [0.4, 0.5) is 0 Å². The van der Waals surface area contributed by atoms with E-state index in [1.165, 1.54) is 0 Å². The molecule has 22 heavy (non-hydrogen) atoms. The third-order valence-electron chi connectivity index (χ3n) is 4.49. The molecular weight excluding hydrogens is 298 g/mol. The summed E-state index contributed by atoms with van der Waals surface area (Å²) in [6.45, 7) is 4.95. The SMILES string of the molecule is CC1(C)CN(S(=O)(=O)c2ccc3ncccc3c2)CCC1N. The lowest BCUT2D eigenvalue weighted by atomic mass is 9.81. The van der Waals surface area contributed by atoms with Crippen molar-refractivity contribution in [1.29, 1.82) is 0 Å². The molecule has 2 aromatic rings. The van der Waals surface area contributed by atoms with Crippen LogP contribution in [0, 0.1) is 5.41 Å². The van der Waals surface area contributed by atoms with Crippen LogP contribution in [0.3, 0.4) is 0 Å². The molecule has 1 aromatic heterocycles. The van der Waals surface area contributed by atoms with Gasteiger partial charge in [-0.3, -0.25) is 4.98 Å². The van der Waals surface area contributed by atoms with Crippen molar-refractivity contribution in [2.24, 2.45) is 11.1 Å². The molecule has 6 heteroatoms. The van der Waals surface area contributed by atoms with E-state index in [2.05, 4.69) is 4.98 Å². The highest BCUT2D eigenvalue weighted by Crippen LogP contribution is 2.31. The molecule has 0 saturated carbocycles. The first kappa shape index (κ1) is 15.4. The molecule has 1 fully saturated rings. The maximum absolute atomic E-state index is 12.9. The van der Waals surface area contributed by atoms with Crippen LogP contribution < -0.4 is 5.73 Å². The zero-order valence-electron chi connectivity index (χ0n) is 12.9. The Hall–Kier alpha value is -1.50. The van der Waals surface area contributed by atoms with Gasteiger partial charge in [-0.25, -0.2) is 8.42 Å². The lowest BCUT2D eigenvalue weighted by Crippen LogP contribution is -2.53. The first-order chi connectivity index (χ1) is 10.3. The Morgan fingerprint density at radius 3 is 2.82 bits per heavy atom. The molecule has 3 rings (SSSR count). The van der Waals surface area contributed by atoms with Crippen LogP contribution in [0.25, 0.3) is 10.9 Å². The van der Waals surface area contributed by atoms with Crippen molar-refractivity contribution in [3.63, 3.8) is 0 Å². The fraction of sp³-hybridized carbons (Fsp3) is 0.438. The van der Waals surface area contributed by atoms with Gasteiger partial charge in [-0.05, 0) is 36.1 Å². The molecule has 0 amide bonds. The largest absolute Gasteiger partial charge is 0.327 e. The topological polar surface area (TPSA) is 76.3 Å². The van der Waals surface area contributed by atoms with Crippen molar-refractivity contribution < 1.29 is 8.42 Å². The molecule has 0 radical (unpaired) electrons. The normalized spacial score (nSPS) is 22.8. The number of fused-ring (bicyclic) bond motifs is 1. The number of aromatic nitrogens is 1. The van der Waals surface area contributed by atoms with E-state index < -0.39 is 10.0 Å². The number of piperidine rings is 1. The summed E-state index contributed by atoms with van der Waals surface area (Å²) in [4.78, 5) is 4.54. The molecule has 1 unspecified atom stereocenters. The molecule has 1 saturated heterocycles. The number of nitrogens with two attached hydrogens (primary N) is 1. The molecule has 0 spiro atoms. The fourth-order valence-corrected chi connectivity index (χ4v) is 4.56. The minimum Gasteiger partial charge on any atom is -0.327 e. The van der Waals surface area contributed by atoms with Gasteiger partial charge in [0.1, 0.15) is 0 Å². The van der Waals surface area contributed by atoms with Gasteiger partial charge in [0.05, 0.1) is 10.4 Å². The van der Waals surface area contributed by atoms with Crippen LogP contribution in [0.1, 0.15) is 20.3 Å². The standard InChI is InChI=1S/C16H21N3O2S/c1-16(2)11-19(9-7-15(16)17)22(20,21)13-5-6-14-12(10-13)4-3-8-18-14/h3-6,8,10,15H,7,9,11,17H2,1-2H3. The Balaban J connectivity index is 1.98. The minimum atomic E-state index is -3.50. The van der Waals surface area contributed by atoms with Gasteiger partial charge in [0.2, 0.25) is 10.0 Å². The molecule has 5 nitrogen and oxygen atoms in total. The van der Waals surface area contributed by atoms with Crippen molar-refractivity contribution in [1.82, 2.24) is 9.29 Å². The van der Waals surface area contributed by atoms with E-state index in [1.54, 1.807) is 28.7 Å². The summed E-state index contributed by atoms with van der Waals surface area (Å²) in [5.74, 6) is 0. The molecule has 2 N–H and O–H groups in total. The number of benzene rings is 1. The highest BCUT2D eigenvalue weighted by Gasteiger charge is 2.38. The van der Waals surface area contributed by atoms with Crippen molar-refractivity contribution in [3.05, 3.63) is 36.5 Å². The van der Waals surface area contributed by atoms with Gasteiger partial charge in [-0.2, -0.15) is 4.31 Å². The summed E-state index contributed by atoms with van der Waals surface area (Å²) in [5.41, 5.74) is 6.68. The second kappa shape index (κ2) is 5.30. The van der Waals surface area contributed by atoms with Gasteiger partial charge in [-0.15, -0.1) is 0 Å². The average molecular weight is 319 g/mol. The predicted molar refractivity (Wildman–Crippen MR) is 86.9 cm³/mol. The number of hydrogen-bond acceptors (Lipinski definition) is 4. The Bertz CT molecular complexity index is 802. The lowest BCUT2D eigenvalue weighted by Gasteiger charge is -2.41. The van der Waals surface area contributed by atoms with Gasteiger partial charge < -0.3 is 5.73 Å². The van der Waals surface area contributed by atoms with Gasteiger partial charge in [0, 0.05) is 30.7 Å². The Morgan fingerprint density at radius 1 is 1.32 bits per heavy atom. The van der Waals surface area contributed by atoms with Crippen LogP contribution >= 0.6 is 0 Å². The second-order valence-corrected chi connectivity index (χ2v) is 8.52. The Labute approximate surface area is 131 Å². The van der Waals surface area contributed by atoms with E-state index in [0.29, 0.717) is 24.4 Å². The first-order valence-corrected chi connectivity index (χ1v) is 8.85. The fourth-order valence-electron chi connectivity index (χ4n) is 2.89. The molecule has 2 heterocycles. The zero-order valence-corrected chi connectivity index (χ0v) is 13.7. The second-order valence-electron chi connectivity index (χ2n) is 6.58. The first-order valence-electron chi connectivity index (χ1n) is 7.41. The van der Waals surface area contributed by atoms with E-state index in [1.807, 2.05) is 26.0 Å². The van der Waals surface area contributed by atoms with E-state index in [4.69, 9.17) is 5.73 Å². The third kappa shape index (κ3) is 2.62. The van der Waals surface area contributed by atoms with Crippen LogP contribution in [-0.2, 0) is 10.0 Å². The number of nitrogens with zero attached hydrogens (tertiary/aromatic N) is 2. The Morgan fingerprint density at radius 2 is 2.09 bits per heavy atom. The maximum atomic E-state index is 12.9. The summed E-state index contributed by atoms with van der Waals surface area (Å²) >= 11 is 0. The highest BCUT2D eigenvalue weighted by atomic mass is 32.2. The third-order valence-corrected chi connectivity index (χ3v) is 6.33. The number of hydrogen-bond donors (Lipinski definition) is 1. The molecule has 1 aromatic carbocycles. The Kier molecular flexibility index (Phi) is 3.71. The van der Waals surface area contributed by atoms with Gasteiger partial charge >= 0.3 is 0 Å². The molecule has 1 atom stereocenters. The molecule has 1 aliphatic heterocycles. The van der Waals surface area contributed by atoms with E-state index in [-0.39, 0.29) is 11.5 Å². The summed E-state index contributed by atoms with van der Waals surface area (Å²) in [5, 5.41) is 0.830. The minimum absolute atomic E-state index is 0.0275. The molecule has 118 valence electrons. The van der Waals surface area contributed by atoms with Crippen LogP contribution in [0.5, 0.6) is 0 Å². The predicted octanol–water partition coefficient (Wildman–Crippen LogP) is 1.98. The average Bonchev–Trinajstić information content (AvgIpc) is 2.49. The number of rotatable bonds is 2. The van der Waals surface area contributed by atoms with Crippen molar-refractivity contribution in [2.75, 3.05) is 13.1 Å². The molecule has 1 aliphatic rings.